The second kappa shape index (κ2) is 12.6. The molecule has 0 saturated carbocycles. The van der Waals surface area contributed by atoms with Gasteiger partial charge in [0, 0.05) is 25.7 Å². The lowest BCUT2D eigenvalue weighted by Gasteiger charge is -2.19. The van der Waals surface area contributed by atoms with E-state index < -0.39 is 0 Å². The van der Waals surface area contributed by atoms with Crippen LogP contribution < -0.4 is 28.5 Å². The number of ether oxygens (including phenoxy) is 1. The summed E-state index contributed by atoms with van der Waals surface area (Å²) in [7, 11) is 0. The van der Waals surface area contributed by atoms with E-state index in [0.717, 1.165) is 16.7 Å². The summed E-state index contributed by atoms with van der Waals surface area (Å²) in [4.78, 5) is 0. The Morgan fingerprint density at radius 3 is 2.24 bits per heavy atom. The Morgan fingerprint density at radius 2 is 1.56 bits per heavy atom. The first-order valence-corrected chi connectivity index (χ1v) is 11.7. The molecule has 0 bridgehead atoms. The molecule has 1 atom stereocenters. The number of halogens is 6. The van der Waals surface area contributed by atoms with Gasteiger partial charge in [-0.05, 0) is 47.5 Å². The van der Waals surface area contributed by atoms with E-state index in [1.165, 1.54) is 12.1 Å². The highest BCUT2D eigenvalue weighted by atomic mass is 127. The van der Waals surface area contributed by atoms with Crippen molar-refractivity contribution in [3.05, 3.63) is 122 Å². The zero-order valence-electron chi connectivity index (χ0n) is 17.8. The highest BCUT2D eigenvalue weighted by molar-refractivity contribution is 6.35. The Labute approximate surface area is 235 Å². The average molecular weight is 652 g/mol. The van der Waals surface area contributed by atoms with Crippen molar-refractivity contribution >= 4 is 46.4 Å². The molecule has 0 spiro atoms. The molecule has 0 aliphatic rings. The number of imidazole rings is 1. The van der Waals surface area contributed by atoms with Crippen molar-refractivity contribution in [3.63, 3.8) is 0 Å². The van der Waals surface area contributed by atoms with Crippen LogP contribution in [0, 0.1) is 5.82 Å². The Hall–Kier alpha value is -1.35. The van der Waals surface area contributed by atoms with Crippen molar-refractivity contribution in [2.75, 3.05) is 0 Å². The van der Waals surface area contributed by atoms with Crippen molar-refractivity contribution in [1.29, 1.82) is 0 Å². The standard InChI is InChI=1S/C25H20Cl4FN2O.HI/c26-19-4-3-18(23(28)11-19)15-33-25(22-8-5-20(27)12-24(22)29)14-32-10-9-31(16-32)13-17-1-6-21(30)7-2-17;/h1-12,16,25H,13-15H2;1H/q+1;/p-1. The van der Waals surface area contributed by atoms with E-state index in [0.29, 0.717) is 33.2 Å². The number of rotatable bonds is 8. The summed E-state index contributed by atoms with van der Waals surface area (Å²) >= 11 is 24.9. The molecule has 0 amide bonds. The molecule has 178 valence electrons. The summed E-state index contributed by atoms with van der Waals surface area (Å²) in [5.74, 6) is -0.248. The van der Waals surface area contributed by atoms with Crippen LogP contribution in [-0.2, 0) is 24.4 Å². The van der Waals surface area contributed by atoms with E-state index in [4.69, 9.17) is 51.1 Å². The van der Waals surface area contributed by atoms with Gasteiger partial charge in [0.2, 0.25) is 6.33 Å². The minimum Gasteiger partial charge on any atom is -1.00 e. The lowest BCUT2D eigenvalue weighted by Crippen LogP contribution is -3.00. The number of hydrogen-bond acceptors (Lipinski definition) is 1. The summed E-state index contributed by atoms with van der Waals surface area (Å²) in [5.41, 5.74) is 2.66. The van der Waals surface area contributed by atoms with Crippen molar-refractivity contribution in [1.82, 2.24) is 4.57 Å². The third-order valence-electron chi connectivity index (χ3n) is 5.17. The minimum absolute atomic E-state index is 0. The second-order valence-electron chi connectivity index (χ2n) is 7.61. The van der Waals surface area contributed by atoms with Gasteiger partial charge in [-0.2, -0.15) is 0 Å². The summed E-state index contributed by atoms with van der Waals surface area (Å²) in [5, 5.41) is 2.20. The quantitative estimate of drug-likeness (QED) is 0.202. The fraction of sp³-hybridized carbons (Fsp3) is 0.160. The zero-order chi connectivity index (χ0) is 23.4. The molecule has 3 aromatic carbocycles. The van der Waals surface area contributed by atoms with Crippen LogP contribution in [0.5, 0.6) is 0 Å². The fourth-order valence-corrected chi connectivity index (χ4v) is 4.46. The van der Waals surface area contributed by atoms with E-state index in [2.05, 4.69) is 0 Å². The van der Waals surface area contributed by atoms with E-state index in [9.17, 15) is 4.39 Å². The molecule has 0 aliphatic carbocycles. The van der Waals surface area contributed by atoms with Gasteiger partial charge in [-0.15, -0.1) is 0 Å². The first-order valence-electron chi connectivity index (χ1n) is 10.2. The molecule has 4 rings (SSSR count). The van der Waals surface area contributed by atoms with Crippen LogP contribution in [0.2, 0.25) is 20.1 Å². The van der Waals surface area contributed by atoms with Crippen molar-refractivity contribution in [2.45, 2.75) is 25.8 Å². The maximum Gasteiger partial charge on any atom is 0.244 e. The minimum atomic E-state index is -0.354. The number of aromatic nitrogens is 2. The van der Waals surface area contributed by atoms with Gasteiger partial charge >= 0.3 is 0 Å². The van der Waals surface area contributed by atoms with Gasteiger partial charge < -0.3 is 28.7 Å². The van der Waals surface area contributed by atoms with Gasteiger partial charge in [-0.1, -0.05) is 70.7 Å². The van der Waals surface area contributed by atoms with Gasteiger partial charge in [0.15, 0.2) is 0 Å². The molecule has 0 radical (unpaired) electrons. The van der Waals surface area contributed by atoms with Crippen LogP contribution in [-0.4, -0.2) is 4.57 Å². The van der Waals surface area contributed by atoms with E-state index in [-0.39, 0.29) is 42.5 Å². The molecule has 0 N–H and O–H groups in total. The van der Waals surface area contributed by atoms with Crippen LogP contribution >= 0.6 is 46.4 Å². The normalized spacial score (nSPS) is 11.8. The molecule has 1 unspecified atom stereocenters. The molecule has 1 heterocycles. The highest BCUT2D eigenvalue weighted by Crippen LogP contribution is 2.30. The summed E-state index contributed by atoms with van der Waals surface area (Å²) < 4.78 is 23.5. The highest BCUT2D eigenvalue weighted by Gasteiger charge is 2.20. The van der Waals surface area contributed by atoms with Crippen LogP contribution in [0.4, 0.5) is 4.39 Å². The van der Waals surface area contributed by atoms with Crippen LogP contribution in [0.3, 0.4) is 0 Å². The molecular weight excluding hydrogens is 632 g/mol. The topological polar surface area (TPSA) is 18.0 Å². The van der Waals surface area contributed by atoms with Crippen molar-refractivity contribution in [2.24, 2.45) is 0 Å². The van der Waals surface area contributed by atoms with Gasteiger partial charge in [-0.3, -0.25) is 0 Å². The molecule has 0 fully saturated rings. The molecule has 1 aromatic heterocycles. The van der Waals surface area contributed by atoms with E-state index in [1.54, 1.807) is 36.4 Å². The van der Waals surface area contributed by atoms with E-state index in [1.807, 2.05) is 40.0 Å². The first-order chi connectivity index (χ1) is 15.9. The molecular formula is C25H20Cl4FIN2O. The molecule has 4 aromatic rings. The SMILES string of the molecule is Fc1ccc(Cn2cc[n+](CC(OCc3ccc(Cl)cc3Cl)c3ccc(Cl)cc3Cl)c2)cc1.[I-]. The second-order valence-corrected chi connectivity index (χ2v) is 9.30. The van der Waals surface area contributed by atoms with E-state index >= 15 is 0 Å². The zero-order valence-corrected chi connectivity index (χ0v) is 23.0. The first kappa shape index (κ1) is 27.2. The van der Waals surface area contributed by atoms with Crippen molar-refractivity contribution in [3.8, 4) is 0 Å². The van der Waals surface area contributed by atoms with Gasteiger partial charge in [-0.25, -0.2) is 13.5 Å². The molecule has 0 aliphatic heterocycles. The Balaban J connectivity index is 0.00000324. The third kappa shape index (κ3) is 7.33. The number of hydrogen-bond donors (Lipinski definition) is 0. The third-order valence-corrected chi connectivity index (χ3v) is 6.32. The number of benzene rings is 3. The Bertz CT molecular complexity index is 1250. The Morgan fingerprint density at radius 1 is 0.882 bits per heavy atom. The summed E-state index contributed by atoms with van der Waals surface area (Å²) in [6.45, 7) is 1.43. The van der Waals surface area contributed by atoms with Crippen LogP contribution in [0.1, 0.15) is 22.8 Å². The number of nitrogens with zero attached hydrogens (tertiary/aromatic N) is 2. The van der Waals surface area contributed by atoms with Crippen molar-refractivity contribution < 1.29 is 37.7 Å². The lowest BCUT2D eigenvalue weighted by molar-refractivity contribution is -0.704. The van der Waals surface area contributed by atoms with Crippen LogP contribution in [0.15, 0.2) is 79.4 Å². The summed E-state index contributed by atoms with van der Waals surface area (Å²) in [6, 6.07) is 17.1. The average Bonchev–Trinajstić information content (AvgIpc) is 3.21. The maximum absolute atomic E-state index is 13.2. The smallest absolute Gasteiger partial charge is 0.244 e. The Kier molecular flexibility index (Phi) is 10.1. The maximum atomic E-state index is 13.2. The molecule has 34 heavy (non-hydrogen) atoms. The fourth-order valence-electron chi connectivity index (χ4n) is 3.46. The van der Waals surface area contributed by atoms with Gasteiger partial charge in [0.1, 0.15) is 37.4 Å². The molecule has 3 nitrogen and oxygen atoms in total. The predicted molar refractivity (Wildman–Crippen MR) is 131 cm³/mol. The summed E-state index contributed by atoms with van der Waals surface area (Å²) in [6.07, 6.45) is 5.53. The lowest BCUT2D eigenvalue weighted by atomic mass is 10.1. The predicted octanol–water partition coefficient (Wildman–Crippen LogP) is 4.54. The monoisotopic (exact) mass is 650 g/mol. The van der Waals surface area contributed by atoms with Gasteiger partial charge in [0.25, 0.3) is 0 Å². The van der Waals surface area contributed by atoms with Gasteiger partial charge in [0.05, 0.1) is 6.61 Å². The molecule has 9 heteroatoms. The largest absolute Gasteiger partial charge is 1.00 e. The molecule has 0 saturated heterocycles. The van der Waals surface area contributed by atoms with Crippen LogP contribution in [0.25, 0.3) is 0 Å².